The highest BCUT2D eigenvalue weighted by atomic mass is 32.2. The zero-order valence-corrected chi connectivity index (χ0v) is 24.5. The summed E-state index contributed by atoms with van der Waals surface area (Å²) in [5.41, 5.74) is 3.71. The summed E-state index contributed by atoms with van der Waals surface area (Å²) in [6.45, 7) is 5.94. The number of hydrogen-bond donors (Lipinski definition) is 0. The molecule has 5 nitrogen and oxygen atoms in total. The van der Waals surface area contributed by atoms with Gasteiger partial charge in [0.2, 0.25) is 5.89 Å². The van der Waals surface area contributed by atoms with Gasteiger partial charge in [-0.3, -0.25) is 0 Å². The van der Waals surface area contributed by atoms with Gasteiger partial charge in [-0.25, -0.2) is 9.97 Å². The van der Waals surface area contributed by atoms with Crippen molar-refractivity contribution < 1.29 is 17.6 Å². The number of nitriles is 1. The molecule has 41 heavy (non-hydrogen) atoms. The van der Waals surface area contributed by atoms with Crippen LogP contribution in [0.25, 0.3) is 17.2 Å². The maximum absolute atomic E-state index is 12.6. The fourth-order valence-corrected chi connectivity index (χ4v) is 6.18. The van der Waals surface area contributed by atoms with Crippen molar-refractivity contribution >= 4 is 34.8 Å². The van der Waals surface area contributed by atoms with E-state index in [1.807, 2.05) is 23.9 Å². The van der Waals surface area contributed by atoms with Gasteiger partial charge in [-0.1, -0.05) is 44.2 Å². The van der Waals surface area contributed by atoms with Gasteiger partial charge in [0.1, 0.15) is 11.2 Å². The highest BCUT2D eigenvalue weighted by Crippen LogP contribution is 2.26. The molecule has 0 spiro atoms. The van der Waals surface area contributed by atoms with Crippen LogP contribution in [-0.4, -0.2) is 40.7 Å². The Morgan fingerprint density at radius 3 is 2.71 bits per heavy atom. The number of nitrogens with zero attached hydrogens (tertiary/aromatic N) is 4. The van der Waals surface area contributed by atoms with E-state index in [2.05, 4.69) is 48.0 Å². The second-order valence-electron chi connectivity index (χ2n) is 10.4. The Labute approximate surface area is 244 Å². The third-order valence-electron chi connectivity index (χ3n) is 7.29. The molecule has 2 aromatic heterocycles. The quantitative estimate of drug-likeness (QED) is 0.216. The van der Waals surface area contributed by atoms with Crippen molar-refractivity contribution in [3.05, 3.63) is 70.4 Å². The Morgan fingerprint density at radius 2 is 2.05 bits per heavy atom. The minimum atomic E-state index is -4.21. The fourth-order valence-electron chi connectivity index (χ4n) is 5.05. The largest absolute Gasteiger partial charge is 0.436 e. The first-order chi connectivity index (χ1) is 19.8. The molecular formula is C32H37F3N4OS. The van der Waals surface area contributed by atoms with Gasteiger partial charge in [-0.2, -0.15) is 30.2 Å². The number of oxazole rings is 1. The maximum Gasteiger partial charge on any atom is 0.393 e. The zero-order chi connectivity index (χ0) is 29.2. The average molecular weight is 583 g/mol. The molecule has 0 atom stereocenters. The number of pyridine rings is 1. The van der Waals surface area contributed by atoms with Crippen molar-refractivity contribution in [2.45, 2.75) is 65.0 Å². The van der Waals surface area contributed by atoms with Crippen molar-refractivity contribution in [2.24, 2.45) is 5.92 Å². The molecule has 3 heterocycles. The van der Waals surface area contributed by atoms with E-state index < -0.39 is 12.6 Å². The van der Waals surface area contributed by atoms with E-state index in [9.17, 15) is 18.4 Å². The van der Waals surface area contributed by atoms with Gasteiger partial charge in [0.25, 0.3) is 0 Å². The van der Waals surface area contributed by atoms with E-state index in [1.165, 1.54) is 12.3 Å². The number of alkyl halides is 3. The lowest BCUT2D eigenvalue weighted by molar-refractivity contribution is -0.127. The topological polar surface area (TPSA) is 66.0 Å². The first-order valence-electron chi connectivity index (χ1n) is 14.3. The summed E-state index contributed by atoms with van der Waals surface area (Å²) in [4.78, 5) is 11.2. The lowest BCUT2D eigenvalue weighted by Gasteiger charge is -2.32. The molecule has 2 aliphatic rings. The summed E-state index contributed by atoms with van der Waals surface area (Å²) < 4.78 is 44.0. The van der Waals surface area contributed by atoms with E-state index in [4.69, 9.17) is 9.40 Å². The first-order valence-corrected chi connectivity index (χ1v) is 15.5. The molecule has 0 aromatic carbocycles. The number of hydrogen-bond acceptors (Lipinski definition) is 6. The second kappa shape index (κ2) is 14.6. The zero-order valence-electron chi connectivity index (χ0n) is 23.7. The Bertz CT molecular complexity index is 1420. The fraction of sp³-hybridized carbons (Fsp3) is 0.469. The Balaban J connectivity index is 1.23. The van der Waals surface area contributed by atoms with Crippen LogP contribution in [0.5, 0.6) is 0 Å². The van der Waals surface area contributed by atoms with E-state index in [1.54, 1.807) is 6.07 Å². The molecule has 1 aliphatic heterocycles. The predicted octanol–water partition coefficient (Wildman–Crippen LogP) is 6.76. The molecule has 2 aromatic rings. The van der Waals surface area contributed by atoms with Gasteiger partial charge in [0.05, 0.1) is 18.1 Å². The summed E-state index contributed by atoms with van der Waals surface area (Å²) in [5, 5.41) is 10.1. The summed E-state index contributed by atoms with van der Waals surface area (Å²) in [7, 11) is 0. The summed E-state index contributed by atoms with van der Waals surface area (Å²) in [6.07, 6.45) is 11.8. The van der Waals surface area contributed by atoms with E-state index >= 15 is 0 Å². The van der Waals surface area contributed by atoms with E-state index in [0.29, 0.717) is 23.8 Å². The van der Waals surface area contributed by atoms with E-state index in [-0.39, 0.29) is 5.56 Å². The van der Waals surface area contributed by atoms with Crippen LogP contribution >= 0.6 is 11.8 Å². The molecule has 0 unspecified atom stereocenters. The molecule has 4 rings (SSSR count). The van der Waals surface area contributed by atoms with Crippen molar-refractivity contribution in [3.63, 3.8) is 0 Å². The molecule has 1 fully saturated rings. The summed E-state index contributed by atoms with van der Waals surface area (Å²) in [5.74, 6) is 4.12. The molecule has 9 heteroatoms. The number of piperidine rings is 1. The Kier molecular flexibility index (Phi) is 10.9. The van der Waals surface area contributed by atoms with Gasteiger partial charge in [-0.15, -0.1) is 0 Å². The van der Waals surface area contributed by atoms with Crippen LogP contribution in [0.15, 0.2) is 52.6 Å². The third-order valence-corrected chi connectivity index (χ3v) is 8.53. The standard InChI is InChI=1S/C32H37F3N4OS/c1-3-7-27(31-38-28-18-24(20-36)9-11-26(4-2)30(28)40-31)8-5-6-17-41-22-23-13-15-39(16-14-23)29-12-10-25(21-37-29)19-32(33,34)35/h5,7-10,12,18,21,23H,3-4,6,11,13-17,19,22H2,1-2H3/b8-5-,27-7+. The van der Waals surface area contributed by atoms with Crippen molar-refractivity contribution in [2.75, 3.05) is 29.5 Å². The number of aromatic nitrogens is 2. The van der Waals surface area contributed by atoms with Crippen LogP contribution in [0.4, 0.5) is 19.0 Å². The molecule has 0 amide bonds. The van der Waals surface area contributed by atoms with Gasteiger partial charge >= 0.3 is 6.18 Å². The van der Waals surface area contributed by atoms with E-state index in [0.717, 1.165) is 84.4 Å². The lowest BCUT2D eigenvalue weighted by Crippen LogP contribution is -2.35. The maximum atomic E-state index is 12.6. The van der Waals surface area contributed by atoms with Crippen molar-refractivity contribution in [1.29, 1.82) is 5.26 Å². The van der Waals surface area contributed by atoms with Gasteiger partial charge in [-0.05, 0) is 79.2 Å². The smallest absolute Gasteiger partial charge is 0.393 e. The van der Waals surface area contributed by atoms with Gasteiger partial charge < -0.3 is 9.32 Å². The minimum absolute atomic E-state index is 0.197. The van der Waals surface area contributed by atoms with Crippen LogP contribution in [0.1, 0.15) is 63.8 Å². The van der Waals surface area contributed by atoms with Crippen LogP contribution in [-0.2, 0) is 6.42 Å². The molecular weight excluding hydrogens is 545 g/mol. The second-order valence-corrected chi connectivity index (χ2v) is 11.5. The van der Waals surface area contributed by atoms with Crippen LogP contribution in [0.3, 0.4) is 0 Å². The number of allylic oxidation sites excluding steroid dienone is 6. The summed E-state index contributed by atoms with van der Waals surface area (Å²) >= 11 is 1.96. The number of fused-ring (bicyclic) bond motifs is 1. The molecule has 0 N–H and O–H groups in total. The Morgan fingerprint density at radius 1 is 1.24 bits per heavy atom. The number of anilines is 1. The highest BCUT2D eigenvalue weighted by Gasteiger charge is 2.28. The van der Waals surface area contributed by atoms with Gasteiger partial charge in [0, 0.05) is 24.9 Å². The molecule has 1 aliphatic carbocycles. The normalized spacial score (nSPS) is 16.8. The van der Waals surface area contributed by atoms with Crippen molar-refractivity contribution in [1.82, 2.24) is 9.97 Å². The monoisotopic (exact) mass is 582 g/mol. The third kappa shape index (κ3) is 8.87. The SMILES string of the molecule is CC/C=C(\C=C/CCSCC1CCN(c2ccc(CC(F)(F)F)cn2)CC1)c1nc2c(o1)=C(CC)CC=C(C#N)C=2. The van der Waals surface area contributed by atoms with Crippen LogP contribution < -0.4 is 15.7 Å². The first kappa shape index (κ1) is 30.7. The predicted molar refractivity (Wildman–Crippen MR) is 161 cm³/mol. The lowest BCUT2D eigenvalue weighted by atomic mass is 9.99. The van der Waals surface area contributed by atoms with Crippen LogP contribution in [0, 0.1) is 17.2 Å². The molecule has 0 bridgehead atoms. The number of thioether (sulfide) groups is 1. The van der Waals surface area contributed by atoms with Crippen LogP contribution in [0.2, 0.25) is 0 Å². The minimum Gasteiger partial charge on any atom is -0.436 e. The number of halogens is 3. The molecule has 1 saturated heterocycles. The number of rotatable bonds is 11. The molecule has 218 valence electrons. The van der Waals surface area contributed by atoms with Gasteiger partial charge in [0.15, 0.2) is 5.42 Å². The highest BCUT2D eigenvalue weighted by molar-refractivity contribution is 7.99. The Hall–Kier alpha value is -3.25. The van der Waals surface area contributed by atoms with Crippen molar-refractivity contribution in [3.8, 4) is 6.07 Å². The molecule has 0 radical (unpaired) electrons. The molecule has 0 saturated carbocycles. The summed E-state index contributed by atoms with van der Waals surface area (Å²) in [6, 6.07) is 5.47. The average Bonchev–Trinajstić information content (AvgIpc) is 3.29.